The molecule has 4 aromatic rings. The normalized spacial score (nSPS) is 11.2. The van der Waals surface area contributed by atoms with Gasteiger partial charge in [0.25, 0.3) is 0 Å². The van der Waals surface area contributed by atoms with Gasteiger partial charge in [-0.05, 0) is 31.2 Å². The van der Waals surface area contributed by atoms with Crippen LogP contribution in [0.2, 0.25) is 0 Å². The maximum absolute atomic E-state index is 5.42. The minimum atomic E-state index is 0.586. The van der Waals surface area contributed by atoms with Gasteiger partial charge in [-0.1, -0.05) is 41.6 Å². The number of aryl methyl sites for hydroxylation is 2. The quantitative estimate of drug-likeness (QED) is 0.425. The number of rotatable bonds is 9. The third kappa shape index (κ3) is 5.12. The lowest BCUT2D eigenvalue weighted by molar-refractivity contribution is 0.260. The Balaban J connectivity index is 1.31. The van der Waals surface area contributed by atoms with E-state index in [9.17, 15) is 0 Å². The molecule has 0 aliphatic rings. The number of hydrogen-bond acceptors (Lipinski definition) is 6. The van der Waals surface area contributed by atoms with E-state index in [1.165, 1.54) is 5.56 Å². The number of ether oxygens (including phenoxy) is 1. The second kappa shape index (κ2) is 9.37. The van der Waals surface area contributed by atoms with E-state index in [1.54, 1.807) is 7.11 Å². The van der Waals surface area contributed by atoms with E-state index in [1.807, 2.05) is 66.6 Å². The Morgan fingerprint density at radius 2 is 1.87 bits per heavy atom. The summed E-state index contributed by atoms with van der Waals surface area (Å²) in [6, 6.07) is 18.2. The molecule has 0 saturated heterocycles. The zero-order valence-corrected chi connectivity index (χ0v) is 17.2. The highest BCUT2D eigenvalue weighted by Gasteiger charge is 2.11. The molecule has 0 radical (unpaired) electrons. The van der Waals surface area contributed by atoms with Gasteiger partial charge in [0.1, 0.15) is 5.75 Å². The highest BCUT2D eigenvalue weighted by Crippen LogP contribution is 2.17. The van der Waals surface area contributed by atoms with Crippen LogP contribution in [-0.4, -0.2) is 39.0 Å². The fourth-order valence-electron chi connectivity index (χ4n) is 3.29. The smallest absolute Gasteiger partial charge is 0.240 e. The van der Waals surface area contributed by atoms with Crippen LogP contribution in [0.5, 0.6) is 5.75 Å². The minimum absolute atomic E-state index is 0.586. The summed E-state index contributed by atoms with van der Waals surface area (Å²) in [4.78, 5) is 6.65. The minimum Gasteiger partial charge on any atom is -0.497 e. The summed E-state index contributed by atoms with van der Waals surface area (Å²) in [5.41, 5.74) is 3.33. The number of nitrogens with zero attached hydrogens (tertiary/aromatic N) is 5. The monoisotopic (exact) mass is 403 g/mol. The predicted octanol–water partition coefficient (Wildman–Crippen LogP) is 3.68. The summed E-state index contributed by atoms with van der Waals surface area (Å²) in [5.74, 6) is 2.18. The van der Waals surface area contributed by atoms with Crippen LogP contribution in [0.25, 0.3) is 5.69 Å². The van der Waals surface area contributed by atoms with Crippen LogP contribution in [0.1, 0.15) is 22.8 Å². The highest BCUT2D eigenvalue weighted by atomic mass is 16.5. The summed E-state index contributed by atoms with van der Waals surface area (Å²) in [5, 5.41) is 8.57. The van der Waals surface area contributed by atoms with Gasteiger partial charge in [0.05, 0.1) is 25.5 Å². The third-order valence-electron chi connectivity index (χ3n) is 4.80. The standard InChI is InChI=1S/C23H25N5O2/c1-27(15-19-14-24-28(16-19)20-9-6-10-21(13-20)29-2)17-23-25-22(26-30-23)12-11-18-7-4-3-5-8-18/h3-10,13-14,16H,11-12,15,17H2,1-2H3. The average Bonchev–Trinajstić information content (AvgIpc) is 3.42. The van der Waals surface area contributed by atoms with Crippen LogP contribution in [-0.2, 0) is 25.9 Å². The van der Waals surface area contributed by atoms with Crippen molar-refractivity contribution in [3.05, 3.63) is 89.8 Å². The van der Waals surface area contributed by atoms with Crippen molar-refractivity contribution in [1.29, 1.82) is 0 Å². The molecule has 4 rings (SSSR count). The molecule has 0 atom stereocenters. The predicted molar refractivity (Wildman–Crippen MR) is 113 cm³/mol. The topological polar surface area (TPSA) is 69.2 Å². The lowest BCUT2D eigenvalue weighted by atomic mass is 10.1. The first-order valence-electron chi connectivity index (χ1n) is 9.91. The van der Waals surface area contributed by atoms with Crippen molar-refractivity contribution in [1.82, 2.24) is 24.8 Å². The molecule has 7 nitrogen and oxygen atoms in total. The number of methoxy groups -OCH3 is 1. The Kier molecular flexibility index (Phi) is 6.20. The fourth-order valence-corrected chi connectivity index (χ4v) is 3.29. The molecule has 0 aliphatic carbocycles. The van der Waals surface area contributed by atoms with E-state index in [2.05, 4.69) is 32.3 Å². The largest absolute Gasteiger partial charge is 0.497 e. The second-order valence-corrected chi connectivity index (χ2v) is 7.26. The van der Waals surface area contributed by atoms with Crippen LogP contribution in [0.3, 0.4) is 0 Å². The lowest BCUT2D eigenvalue weighted by Gasteiger charge is -2.12. The molecule has 2 aromatic heterocycles. The van der Waals surface area contributed by atoms with E-state index in [-0.39, 0.29) is 0 Å². The first-order valence-corrected chi connectivity index (χ1v) is 9.91. The second-order valence-electron chi connectivity index (χ2n) is 7.26. The van der Waals surface area contributed by atoms with Gasteiger partial charge in [0.2, 0.25) is 5.89 Å². The van der Waals surface area contributed by atoms with Crippen molar-refractivity contribution in [3.8, 4) is 11.4 Å². The lowest BCUT2D eigenvalue weighted by Crippen LogP contribution is -2.17. The Bertz CT molecular complexity index is 1070. The molecule has 0 saturated carbocycles. The Morgan fingerprint density at radius 1 is 1.00 bits per heavy atom. The molecule has 0 unspecified atom stereocenters. The Labute approximate surface area is 175 Å². The van der Waals surface area contributed by atoms with Gasteiger partial charge in [-0.2, -0.15) is 10.1 Å². The molecule has 2 aromatic carbocycles. The number of hydrogen-bond donors (Lipinski definition) is 0. The summed E-state index contributed by atoms with van der Waals surface area (Å²) < 4.78 is 12.6. The van der Waals surface area contributed by atoms with Gasteiger partial charge in [-0.25, -0.2) is 4.68 Å². The van der Waals surface area contributed by atoms with Gasteiger partial charge in [0.15, 0.2) is 5.82 Å². The molecule has 154 valence electrons. The van der Waals surface area contributed by atoms with Crippen LogP contribution >= 0.6 is 0 Å². The van der Waals surface area contributed by atoms with Crippen molar-refractivity contribution < 1.29 is 9.26 Å². The maximum atomic E-state index is 5.42. The first-order chi connectivity index (χ1) is 14.7. The molecule has 0 amide bonds. The van der Waals surface area contributed by atoms with E-state index >= 15 is 0 Å². The first kappa shape index (κ1) is 19.8. The molecule has 0 N–H and O–H groups in total. The van der Waals surface area contributed by atoms with Crippen molar-refractivity contribution in [2.75, 3.05) is 14.2 Å². The maximum Gasteiger partial charge on any atom is 0.240 e. The molecule has 0 fully saturated rings. The van der Waals surface area contributed by atoms with Crippen LogP contribution in [0.4, 0.5) is 0 Å². The fraction of sp³-hybridized carbons (Fsp3) is 0.261. The van der Waals surface area contributed by atoms with Gasteiger partial charge in [-0.15, -0.1) is 0 Å². The van der Waals surface area contributed by atoms with Crippen LogP contribution in [0.15, 0.2) is 71.5 Å². The van der Waals surface area contributed by atoms with Crippen molar-refractivity contribution in [3.63, 3.8) is 0 Å². The van der Waals surface area contributed by atoms with E-state index in [0.29, 0.717) is 12.4 Å². The molecule has 2 heterocycles. The van der Waals surface area contributed by atoms with Gasteiger partial charge in [0, 0.05) is 30.8 Å². The summed E-state index contributed by atoms with van der Waals surface area (Å²) in [7, 11) is 3.68. The molecular weight excluding hydrogens is 378 g/mol. The summed E-state index contributed by atoms with van der Waals surface area (Å²) in [6.45, 7) is 1.31. The number of benzene rings is 2. The third-order valence-corrected chi connectivity index (χ3v) is 4.80. The molecule has 0 bridgehead atoms. The van der Waals surface area contributed by atoms with E-state index in [0.717, 1.165) is 42.2 Å². The van der Waals surface area contributed by atoms with Gasteiger partial charge >= 0.3 is 0 Å². The molecular formula is C23H25N5O2. The average molecular weight is 403 g/mol. The SMILES string of the molecule is COc1cccc(-n2cc(CN(C)Cc3nc(CCc4ccccc4)no3)cn2)c1. The Morgan fingerprint density at radius 3 is 2.70 bits per heavy atom. The summed E-state index contributed by atoms with van der Waals surface area (Å²) in [6.07, 6.45) is 5.56. The zero-order chi connectivity index (χ0) is 20.8. The number of aromatic nitrogens is 4. The van der Waals surface area contributed by atoms with Crippen molar-refractivity contribution in [2.45, 2.75) is 25.9 Å². The molecule has 30 heavy (non-hydrogen) atoms. The van der Waals surface area contributed by atoms with Crippen LogP contribution < -0.4 is 4.74 Å². The Hall–Kier alpha value is -3.45. The van der Waals surface area contributed by atoms with Gasteiger partial charge < -0.3 is 9.26 Å². The van der Waals surface area contributed by atoms with E-state index < -0.39 is 0 Å². The molecule has 0 aliphatic heterocycles. The molecule has 7 heteroatoms. The highest BCUT2D eigenvalue weighted by molar-refractivity contribution is 5.38. The van der Waals surface area contributed by atoms with Crippen molar-refractivity contribution in [2.24, 2.45) is 0 Å². The van der Waals surface area contributed by atoms with Crippen LogP contribution in [0, 0.1) is 0 Å². The molecule has 0 spiro atoms. The van der Waals surface area contributed by atoms with Crippen molar-refractivity contribution >= 4 is 0 Å². The summed E-state index contributed by atoms with van der Waals surface area (Å²) >= 11 is 0. The van der Waals surface area contributed by atoms with E-state index in [4.69, 9.17) is 9.26 Å². The van der Waals surface area contributed by atoms with Gasteiger partial charge in [-0.3, -0.25) is 4.90 Å². The zero-order valence-electron chi connectivity index (χ0n) is 17.2.